The van der Waals surface area contributed by atoms with E-state index in [-0.39, 0.29) is 6.61 Å². The second kappa shape index (κ2) is 10.5. The van der Waals surface area contributed by atoms with E-state index in [1.807, 2.05) is 6.07 Å². The number of carbonyl (C=O) groups is 1. The lowest BCUT2D eigenvalue weighted by atomic mass is 9.90. The lowest BCUT2D eigenvalue weighted by molar-refractivity contribution is -0.234. The third kappa shape index (κ3) is 5.33. The monoisotopic (exact) mass is 508 g/mol. The van der Waals surface area contributed by atoms with E-state index in [1.165, 1.54) is 18.3 Å². The molecule has 11 heteroatoms. The van der Waals surface area contributed by atoms with E-state index in [4.69, 9.17) is 31.2 Å². The summed E-state index contributed by atoms with van der Waals surface area (Å²) in [7, 11) is 0. The Bertz CT molecular complexity index is 1120. The van der Waals surface area contributed by atoms with Crippen molar-refractivity contribution in [3.8, 4) is 10.6 Å². The van der Waals surface area contributed by atoms with Gasteiger partial charge in [-0.25, -0.2) is 4.98 Å². The van der Waals surface area contributed by atoms with Crippen molar-refractivity contribution in [2.45, 2.75) is 49.9 Å². The predicted octanol–water partition coefficient (Wildman–Crippen LogP) is 2.06. The maximum absolute atomic E-state index is 11.7. The molecule has 1 fully saturated rings. The summed E-state index contributed by atoms with van der Waals surface area (Å²) in [5, 5.41) is 32.6. The number of esters is 1. The van der Waals surface area contributed by atoms with Gasteiger partial charge < -0.3 is 34.9 Å². The molecule has 6 atom stereocenters. The fourth-order valence-corrected chi connectivity index (χ4v) is 4.75. The maximum Gasteiger partial charge on any atom is 0.322 e. The normalized spacial score (nSPS) is 25.8. The molecule has 1 saturated heterocycles. The summed E-state index contributed by atoms with van der Waals surface area (Å²) in [6.45, 7) is 1.15. The van der Waals surface area contributed by atoms with Crippen molar-refractivity contribution in [1.82, 2.24) is 4.98 Å². The predicted molar refractivity (Wildman–Crippen MR) is 124 cm³/mol. The molecular weight excluding hydrogens is 484 g/mol. The summed E-state index contributed by atoms with van der Waals surface area (Å²) in [6.07, 6.45) is -2.64. The van der Waals surface area contributed by atoms with Crippen LogP contribution < -0.4 is 5.73 Å². The van der Waals surface area contributed by atoms with Gasteiger partial charge in [0.1, 0.15) is 48.9 Å². The molecule has 0 amide bonds. The summed E-state index contributed by atoms with van der Waals surface area (Å²) < 4.78 is 16.3. The first-order chi connectivity index (χ1) is 16.2. The number of halogens is 1. The first-order valence-electron chi connectivity index (χ1n) is 10.6. The zero-order valence-electron chi connectivity index (χ0n) is 18.2. The van der Waals surface area contributed by atoms with Crippen LogP contribution in [-0.2, 0) is 20.7 Å². The molecular formula is C23H25ClN2O7S. The van der Waals surface area contributed by atoms with Crippen LogP contribution in [0.25, 0.3) is 10.6 Å². The molecule has 1 aromatic carbocycles. The van der Waals surface area contributed by atoms with Crippen LogP contribution in [0.2, 0.25) is 5.02 Å². The number of furan rings is 1. The maximum atomic E-state index is 11.7. The van der Waals surface area contributed by atoms with Crippen LogP contribution in [0.1, 0.15) is 29.2 Å². The smallest absolute Gasteiger partial charge is 0.322 e. The summed E-state index contributed by atoms with van der Waals surface area (Å²) >= 11 is 7.89. The van der Waals surface area contributed by atoms with Crippen molar-refractivity contribution in [1.29, 1.82) is 0 Å². The Kier molecular flexibility index (Phi) is 7.68. The van der Waals surface area contributed by atoms with E-state index in [0.717, 1.165) is 21.2 Å². The molecule has 9 nitrogen and oxygen atoms in total. The standard InChI is InChI=1S/C23H25ClN2O7S/c1-11(25)23(30)32-10-16-19(27)20(28)21(29)22(33-16)12-4-5-14(24)13(7-12)8-18-26-9-17(34-18)15-3-2-6-31-15/h2-7,9,11,16,19-22,27-29H,8,10,25H2,1H3/t11?,16-,19-,20+,21-,22+/m1/s1. The van der Waals surface area contributed by atoms with E-state index in [2.05, 4.69) is 4.98 Å². The first kappa shape index (κ1) is 24.8. The van der Waals surface area contributed by atoms with Crippen LogP contribution >= 0.6 is 22.9 Å². The molecule has 1 unspecified atom stereocenters. The van der Waals surface area contributed by atoms with Crippen molar-refractivity contribution < 1.29 is 34.0 Å². The van der Waals surface area contributed by atoms with Crippen LogP contribution in [0.5, 0.6) is 0 Å². The molecule has 3 aromatic rings. The average Bonchev–Trinajstić information content (AvgIpc) is 3.50. The first-order valence-corrected chi connectivity index (χ1v) is 11.8. The van der Waals surface area contributed by atoms with Gasteiger partial charge in [0.25, 0.3) is 0 Å². The largest absolute Gasteiger partial charge is 0.463 e. The molecule has 1 aliphatic heterocycles. The van der Waals surface area contributed by atoms with Gasteiger partial charge in [0.2, 0.25) is 0 Å². The molecule has 0 bridgehead atoms. The number of hydrogen-bond donors (Lipinski definition) is 4. The number of aromatic nitrogens is 1. The highest BCUT2D eigenvalue weighted by atomic mass is 35.5. The number of aliphatic hydroxyl groups is 3. The molecule has 182 valence electrons. The molecule has 34 heavy (non-hydrogen) atoms. The summed E-state index contributed by atoms with van der Waals surface area (Å²) in [5.74, 6) is 0.0600. The van der Waals surface area contributed by atoms with Gasteiger partial charge in [0.05, 0.1) is 16.1 Å². The van der Waals surface area contributed by atoms with Gasteiger partial charge in [-0.2, -0.15) is 0 Å². The second-order valence-corrected chi connectivity index (χ2v) is 9.63. The van der Waals surface area contributed by atoms with Gasteiger partial charge in [-0.3, -0.25) is 4.79 Å². The number of rotatable bonds is 7. The van der Waals surface area contributed by atoms with E-state index in [1.54, 1.807) is 36.7 Å². The Labute approximate surface area is 204 Å². The van der Waals surface area contributed by atoms with Crippen LogP contribution in [0.15, 0.2) is 47.2 Å². The average molecular weight is 509 g/mol. The molecule has 0 saturated carbocycles. The van der Waals surface area contributed by atoms with Crippen LogP contribution in [-0.4, -0.2) is 63.3 Å². The molecule has 1 aliphatic rings. The Morgan fingerprint density at radius 2 is 2.06 bits per heavy atom. The number of hydrogen-bond acceptors (Lipinski definition) is 10. The highest BCUT2D eigenvalue weighted by Gasteiger charge is 2.44. The highest BCUT2D eigenvalue weighted by molar-refractivity contribution is 7.15. The number of thiazole rings is 1. The van der Waals surface area contributed by atoms with Crippen LogP contribution in [0, 0.1) is 0 Å². The highest BCUT2D eigenvalue weighted by Crippen LogP contribution is 2.35. The summed E-state index contributed by atoms with van der Waals surface area (Å²) in [6, 6.07) is 7.93. The minimum Gasteiger partial charge on any atom is -0.463 e. The third-order valence-corrected chi connectivity index (χ3v) is 6.91. The Morgan fingerprint density at radius 1 is 1.26 bits per heavy atom. The van der Waals surface area contributed by atoms with E-state index < -0.39 is 42.5 Å². The van der Waals surface area contributed by atoms with Crippen molar-refractivity contribution >= 4 is 28.9 Å². The van der Waals surface area contributed by atoms with Crippen molar-refractivity contribution in [2.24, 2.45) is 5.73 Å². The van der Waals surface area contributed by atoms with Crippen molar-refractivity contribution in [2.75, 3.05) is 6.61 Å². The quantitative estimate of drug-likeness (QED) is 0.352. The molecule has 2 aromatic heterocycles. The minimum atomic E-state index is -1.51. The van der Waals surface area contributed by atoms with Crippen molar-refractivity contribution in [3.05, 3.63) is 63.9 Å². The fraction of sp³-hybridized carbons (Fsp3) is 0.391. The van der Waals surface area contributed by atoms with Gasteiger partial charge in [0, 0.05) is 17.6 Å². The van der Waals surface area contributed by atoms with Gasteiger partial charge in [0.15, 0.2) is 0 Å². The van der Waals surface area contributed by atoms with Gasteiger partial charge >= 0.3 is 5.97 Å². The molecule has 3 heterocycles. The van der Waals surface area contributed by atoms with Crippen LogP contribution in [0.3, 0.4) is 0 Å². The topological polar surface area (TPSA) is 148 Å². The Hall–Kier alpha value is -2.31. The van der Waals surface area contributed by atoms with Crippen LogP contribution in [0.4, 0.5) is 0 Å². The molecule has 4 rings (SSSR count). The number of nitrogens with two attached hydrogens (primary N) is 1. The zero-order valence-corrected chi connectivity index (χ0v) is 19.8. The van der Waals surface area contributed by atoms with Gasteiger partial charge in [-0.05, 0) is 36.2 Å². The molecule has 0 spiro atoms. The van der Waals surface area contributed by atoms with Gasteiger partial charge in [-0.1, -0.05) is 23.7 Å². The SMILES string of the molecule is CC(N)C(=O)OC[C@H]1O[C@@H](c2ccc(Cl)c(Cc3ncc(-c4ccco4)s3)c2)[C@H](O)[C@@H](O)[C@@H]1O. The van der Waals surface area contributed by atoms with E-state index >= 15 is 0 Å². The number of nitrogens with zero attached hydrogens (tertiary/aromatic N) is 1. The molecule has 5 N–H and O–H groups in total. The second-order valence-electron chi connectivity index (χ2n) is 8.11. The lowest BCUT2D eigenvalue weighted by Gasteiger charge is -2.40. The zero-order chi connectivity index (χ0) is 24.4. The van der Waals surface area contributed by atoms with E-state index in [0.29, 0.717) is 17.0 Å². The number of ether oxygens (including phenoxy) is 2. The Balaban J connectivity index is 1.52. The van der Waals surface area contributed by atoms with E-state index in [9.17, 15) is 20.1 Å². The fourth-order valence-electron chi connectivity index (χ4n) is 3.65. The van der Waals surface area contributed by atoms with Crippen molar-refractivity contribution in [3.63, 3.8) is 0 Å². The summed E-state index contributed by atoms with van der Waals surface area (Å²) in [5.41, 5.74) is 6.78. The number of aliphatic hydroxyl groups excluding tert-OH is 3. The minimum absolute atomic E-state index is 0.322. The summed E-state index contributed by atoms with van der Waals surface area (Å²) in [4.78, 5) is 17.0. The number of benzene rings is 1. The Morgan fingerprint density at radius 3 is 2.76 bits per heavy atom. The molecule has 0 aliphatic carbocycles. The third-order valence-electron chi connectivity index (χ3n) is 5.53. The molecule has 0 radical (unpaired) electrons. The lowest BCUT2D eigenvalue weighted by Crippen LogP contribution is -2.55. The van der Waals surface area contributed by atoms with Gasteiger partial charge in [-0.15, -0.1) is 11.3 Å². The number of carbonyl (C=O) groups excluding carboxylic acids is 1.